The fourth-order valence-corrected chi connectivity index (χ4v) is 5.05. The standard InChI is InChI=1S/C14H10BrNOS.C14H12BrNOS/c1-9-16-13-12(18-9)8-7-11(15)14(13)17-10-5-3-2-4-6-10;1-10(18)16-13-9-5-8-12(15)14(13)17-11-6-3-2-4-7-11/h2-8H,1H3;2-9H,1H3,(H,16,18). The average Bonchev–Trinajstić information content (AvgIpc) is 3.25. The molecule has 182 valence electrons. The number of nitrogens with one attached hydrogen (secondary N) is 1. The minimum absolute atomic E-state index is 0.700. The fraction of sp³-hybridized carbons (Fsp3) is 0.0714. The van der Waals surface area contributed by atoms with Gasteiger partial charge in [-0.1, -0.05) is 54.7 Å². The molecular formula is C28H22Br2N2O2S2. The van der Waals surface area contributed by atoms with Crippen LogP contribution < -0.4 is 14.8 Å². The summed E-state index contributed by atoms with van der Waals surface area (Å²) in [6.45, 7) is 3.84. The molecule has 5 aromatic rings. The van der Waals surface area contributed by atoms with Gasteiger partial charge < -0.3 is 14.8 Å². The molecule has 36 heavy (non-hydrogen) atoms. The van der Waals surface area contributed by atoms with Crippen molar-refractivity contribution in [1.82, 2.24) is 4.98 Å². The summed E-state index contributed by atoms with van der Waals surface area (Å²) in [5.41, 5.74) is 1.76. The molecule has 0 aliphatic carbocycles. The van der Waals surface area contributed by atoms with Gasteiger partial charge in [0.15, 0.2) is 11.5 Å². The van der Waals surface area contributed by atoms with Crippen molar-refractivity contribution in [2.45, 2.75) is 13.8 Å². The Morgan fingerprint density at radius 2 is 1.36 bits per heavy atom. The second-order valence-electron chi connectivity index (χ2n) is 7.58. The molecule has 0 atom stereocenters. The first-order valence-electron chi connectivity index (χ1n) is 11.0. The molecule has 0 saturated carbocycles. The van der Waals surface area contributed by atoms with E-state index in [2.05, 4.69) is 48.2 Å². The van der Waals surface area contributed by atoms with Gasteiger partial charge in [-0.05, 0) is 94.2 Å². The van der Waals surface area contributed by atoms with Crippen LogP contribution in [0.15, 0.2) is 99.9 Å². The van der Waals surface area contributed by atoms with E-state index in [1.54, 1.807) is 11.3 Å². The molecule has 1 heterocycles. The minimum Gasteiger partial charge on any atom is -0.454 e. The molecule has 0 amide bonds. The highest BCUT2D eigenvalue weighted by atomic mass is 79.9. The number of aromatic nitrogens is 1. The predicted octanol–water partition coefficient (Wildman–Crippen LogP) is 10.2. The number of thiocarbonyl (C=S) groups is 1. The van der Waals surface area contributed by atoms with Crippen LogP contribution in [-0.2, 0) is 0 Å². The lowest BCUT2D eigenvalue weighted by molar-refractivity contribution is 0.482. The van der Waals surface area contributed by atoms with E-state index in [4.69, 9.17) is 21.7 Å². The van der Waals surface area contributed by atoms with Crippen molar-refractivity contribution in [2.24, 2.45) is 0 Å². The molecule has 0 bridgehead atoms. The Labute approximate surface area is 236 Å². The Morgan fingerprint density at radius 1 is 0.778 bits per heavy atom. The Balaban J connectivity index is 0.000000169. The summed E-state index contributed by atoms with van der Waals surface area (Å²) in [4.78, 5) is 5.23. The predicted molar refractivity (Wildman–Crippen MR) is 161 cm³/mol. The van der Waals surface area contributed by atoms with E-state index in [0.29, 0.717) is 4.99 Å². The van der Waals surface area contributed by atoms with Crippen LogP contribution >= 0.6 is 55.4 Å². The first-order chi connectivity index (χ1) is 17.4. The highest BCUT2D eigenvalue weighted by Gasteiger charge is 2.12. The second-order valence-corrected chi connectivity index (χ2v) is 11.1. The summed E-state index contributed by atoms with van der Waals surface area (Å²) < 4.78 is 14.7. The van der Waals surface area contributed by atoms with Gasteiger partial charge in [0.05, 0.1) is 29.3 Å². The molecular weight excluding hydrogens is 620 g/mol. The summed E-state index contributed by atoms with van der Waals surface area (Å²) in [7, 11) is 0. The number of rotatable bonds is 5. The van der Waals surface area contributed by atoms with Gasteiger partial charge in [-0.2, -0.15) is 0 Å². The van der Waals surface area contributed by atoms with E-state index in [1.807, 2.05) is 98.8 Å². The van der Waals surface area contributed by atoms with Crippen LogP contribution in [-0.4, -0.2) is 9.97 Å². The van der Waals surface area contributed by atoms with Gasteiger partial charge in [0.2, 0.25) is 0 Å². The third-order valence-corrected chi connectivity index (χ3v) is 7.06. The van der Waals surface area contributed by atoms with Crippen molar-refractivity contribution >= 4 is 76.3 Å². The van der Waals surface area contributed by atoms with Gasteiger partial charge in [-0.15, -0.1) is 11.3 Å². The van der Waals surface area contributed by atoms with Gasteiger partial charge in [0.25, 0.3) is 0 Å². The Morgan fingerprint density at radius 3 is 1.97 bits per heavy atom. The first kappa shape index (κ1) is 26.3. The van der Waals surface area contributed by atoms with Crippen LogP contribution in [0.3, 0.4) is 0 Å². The lowest BCUT2D eigenvalue weighted by atomic mass is 10.3. The highest BCUT2D eigenvalue weighted by molar-refractivity contribution is 9.11. The summed E-state index contributed by atoms with van der Waals surface area (Å²) in [6.07, 6.45) is 0. The Bertz CT molecular complexity index is 1480. The number of halogens is 2. The first-order valence-corrected chi connectivity index (χ1v) is 13.8. The maximum Gasteiger partial charge on any atom is 0.168 e. The molecule has 5 rings (SSSR count). The minimum atomic E-state index is 0.700. The van der Waals surface area contributed by atoms with Crippen molar-refractivity contribution in [3.8, 4) is 23.0 Å². The normalized spacial score (nSPS) is 10.3. The van der Waals surface area contributed by atoms with Crippen molar-refractivity contribution in [3.63, 3.8) is 0 Å². The van der Waals surface area contributed by atoms with E-state index < -0.39 is 0 Å². The van der Waals surface area contributed by atoms with Crippen LogP contribution in [0.4, 0.5) is 5.69 Å². The van der Waals surface area contributed by atoms with Crippen molar-refractivity contribution < 1.29 is 9.47 Å². The van der Waals surface area contributed by atoms with E-state index >= 15 is 0 Å². The highest BCUT2D eigenvalue weighted by Crippen LogP contribution is 2.39. The van der Waals surface area contributed by atoms with Crippen LogP contribution in [0.2, 0.25) is 0 Å². The van der Waals surface area contributed by atoms with Crippen molar-refractivity contribution in [2.75, 3.05) is 5.32 Å². The van der Waals surface area contributed by atoms with Crippen molar-refractivity contribution in [1.29, 1.82) is 0 Å². The average molecular weight is 642 g/mol. The molecule has 1 aromatic heterocycles. The van der Waals surface area contributed by atoms with Crippen LogP contribution in [0.25, 0.3) is 10.2 Å². The zero-order valence-corrected chi connectivity index (χ0v) is 24.3. The number of ether oxygens (including phenoxy) is 2. The lowest BCUT2D eigenvalue weighted by Gasteiger charge is -2.13. The number of fused-ring (bicyclic) bond motifs is 1. The number of hydrogen-bond acceptors (Lipinski definition) is 5. The van der Waals surface area contributed by atoms with E-state index in [0.717, 1.165) is 52.9 Å². The van der Waals surface area contributed by atoms with Gasteiger partial charge >= 0.3 is 0 Å². The molecule has 0 radical (unpaired) electrons. The largest absolute Gasteiger partial charge is 0.454 e. The van der Waals surface area contributed by atoms with E-state index in [1.165, 1.54) is 0 Å². The molecule has 4 nitrogen and oxygen atoms in total. The molecule has 0 aliphatic heterocycles. The molecule has 0 aliphatic rings. The Kier molecular flexibility index (Phi) is 9.09. The number of anilines is 1. The number of aryl methyl sites for hydroxylation is 1. The van der Waals surface area contributed by atoms with Gasteiger partial charge in [-0.3, -0.25) is 0 Å². The quantitative estimate of drug-likeness (QED) is 0.193. The number of hydrogen-bond donors (Lipinski definition) is 1. The molecule has 0 fully saturated rings. The number of para-hydroxylation sites is 3. The zero-order chi connectivity index (χ0) is 25.5. The third-order valence-electron chi connectivity index (χ3n) is 4.78. The smallest absolute Gasteiger partial charge is 0.168 e. The van der Waals surface area contributed by atoms with Crippen LogP contribution in [0, 0.1) is 6.92 Å². The summed E-state index contributed by atoms with van der Waals surface area (Å²) in [5.74, 6) is 3.11. The topological polar surface area (TPSA) is 43.4 Å². The van der Waals surface area contributed by atoms with Crippen LogP contribution in [0.1, 0.15) is 11.9 Å². The number of thiazole rings is 1. The zero-order valence-electron chi connectivity index (χ0n) is 19.5. The molecule has 8 heteroatoms. The molecule has 4 aromatic carbocycles. The number of nitrogens with zero attached hydrogens (tertiary/aromatic N) is 1. The molecule has 0 spiro atoms. The second kappa shape index (κ2) is 12.5. The summed E-state index contributed by atoms with van der Waals surface area (Å²) in [6, 6.07) is 29.2. The summed E-state index contributed by atoms with van der Waals surface area (Å²) >= 11 is 13.7. The maximum absolute atomic E-state index is 5.93. The van der Waals surface area contributed by atoms with Crippen molar-refractivity contribution in [3.05, 3.63) is 105 Å². The van der Waals surface area contributed by atoms with Gasteiger partial charge in [-0.25, -0.2) is 4.98 Å². The molecule has 0 saturated heterocycles. The monoisotopic (exact) mass is 640 g/mol. The SMILES string of the molecule is CC(=S)Nc1cccc(Br)c1Oc1ccccc1.Cc1nc2c(Oc3ccccc3)c(Br)ccc2s1. The fourth-order valence-electron chi connectivity index (χ4n) is 3.27. The van der Waals surface area contributed by atoms with Gasteiger partial charge in [0.1, 0.15) is 17.0 Å². The third kappa shape index (κ3) is 6.91. The lowest BCUT2D eigenvalue weighted by Crippen LogP contribution is -2.05. The molecule has 0 unspecified atom stereocenters. The molecule has 1 N–H and O–H groups in total. The van der Waals surface area contributed by atoms with E-state index in [-0.39, 0.29) is 0 Å². The summed E-state index contributed by atoms with van der Waals surface area (Å²) in [5, 5.41) is 4.15. The maximum atomic E-state index is 5.93. The number of benzene rings is 4. The van der Waals surface area contributed by atoms with E-state index in [9.17, 15) is 0 Å². The Hall–Kier alpha value is -2.78. The van der Waals surface area contributed by atoms with Crippen LogP contribution in [0.5, 0.6) is 23.0 Å². The van der Waals surface area contributed by atoms with Gasteiger partial charge in [0, 0.05) is 0 Å².